The standard InChI is InChI=1S/C16H26N2O/c1-16(2,3)14-9-7-13(8-10-14)11-18(6)12-15(19)17(4)5/h7-10H,11-12H2,1-6H3. The van der Waals surface area contributed by atoms with Gasteiger partial charge in [-0.25, -0.2) is 0 Å². The molecule has 106 valence electrons. The lowest BCUT2D eigenvalue weighted by Gasteiger charge is -2.21. The van der Waals surface area contributed by atoms with Crippen LogP contribution in [0.3, 0.4) is 0 Å². The molecule has 0 aliphatic heterocycles. The summed E-state index contributed by atoms with van der Waals surface area (Å²) < 4.78 is 0. The fourth-order valence-electron chi connectivity index (χ4n) is 1.85. The summed E-state index contributed by atoms with van der Waals surface area (Å²) in [6.45, 7) is 7.88. The van der Waals surface area contributed by atoms with E-state index in [1.807, 2.05) is 11.9 Å². The van der Waals surface area contributed by atoms with E-state index in [-0.39, 0.29) is 11.3 Å². The highest BCUT2D eigenvalue weighted by Crippen LogP contribution is 2.22. The molecule has 0 spiro atoms. The predicted molar refractivity (Wildman–Crippen MR) is 80.2 cm³/mol. The molecule has 1 aromatic carbocycles. The van der Waals surface area contributed by atoms with E-state index in [4.69, 9.17) is 0 Å². The topological polar surface area (TPSA) is 23.6 Å². The van der Waals surface area contributed by atoms with Crippen molar-refractivity contribution in [1.82, 2.24) is 9.80 Å². The van der Waals surface area contributed by atoms with Crippen LogP contribution >= 0.6 is 0 Å². The number of carbonyl (C=O) groups is 1. The van der Waals surface area contributed by atoms with Crippen LogP contribution in [0.1, 0.15) is 31.9 Å². The normalized spacial score (nSPS) is 11.7. The maximum absolute atomic E-state index is 11.6. The summed E-state index contributed by atoms with van der Waals surface area (Å²) in [5.41, 5.74) is 2.76. The predicted octanol–water partition coefficient (Wildman–Crippen LogP) is 2.50. The van der Waals surface area contributed by atoms with Gasteiger partial charge in [0.1, 0.15) is 0 Å². The second-order valence-electron chi connectivity index (χ2n) is 6.41. The van der Waals surface area contributed by atoms with Gasteiger partial charge in [0.15, 0.2) is 0 Å². The summed E-state index contributed by atoms with van der Waals surface area (Å²) in [4.78, 5) is 15.3. The molecular weight excluding hydrogens is 236 g/mol. The van der Waals surface area contributed by atoms with E-state index < -0.39 is 0 Å². The first-order valence-corrected chi connectivity index (χ1v) is 6.68. The minimum absolute atomic E-state index is 0.133. The van der Waals surface area contributed by atoms with Crippen molar-refractivity contribution in [2.75, 3.05) is 27.7 Å². The van der Waals surface area contributed by atoms with Crippen LogP contribution in [0.4, 0.5) is 0 Å². The van der Waals surface area contributed by atoms with E-state index in [1.165, 1.54) is 11.1 Å². The molecule has 1 aromatic rings. The zero-order valence-electron chi connectivity index (χ0n) is 13.0. The molecule has 0 N–H and O–H groups in total. The van der Waals surface area contributed by atoms with Gasteiger partial charge in [-0.2, -0.15) is 0 Å². The Bertz CT molecular complexity index is 415. The highest BCUT2D eigenvalue weighted by atomic mass is 16.2. The van der Waals surface area contributed by atoms with E-state index in [2.05, 4.69) is 45.0 Å². The first kappa shape index (κ1) is 15.7. The summed E-state index contributed by atoms with van der Waals surface area (Å²) in [5, 5.41) is 0. The molecule has 0 heterocycles. The van der Waals surface area contributed by atoms with Crippen molar-refractivity contribution in [1.29, 1.82) is 0 Å². The zero-order chi connectivity index (χ0) is 14.6. The maximum Gasteiger partial charge on any atom is 0.236 e. The van der Waals surface area contributed by atoms with Crippen molar-refractivity contribution in [3.05, 3.63) is 35.4 Å². The van der Waals surface area contributed by atoms with Crippen LogP contribution in [0.25, 0.3) is 0 Å². The molecule has 1 amide bonds. The van der Waals surface area contributed by atoms with Crippen molar-refractivity contribution < 1.29 is 4.79 Å². The molecule has 0 saturated carbocycles. The molecule has 0 fully saturated rings. The van der Waals surface area contributed by atoms with Crippen molar-refractivity contribution in [3.63, 3.8) is 0 Å². The Labute approximate surface area is 117 Å². The van der Waals surface area contributed by atoms with Crippen LogP contribution in [0.5, 0.6) is 0 Å². The average molecular weight is 262 g/mol. The summed E-state index contributed by atoms with van der Waals surface area (Å²) >= 11 is 0. The van der Waals surface area contributed by atoms with Crippen LogP contribution in [-0.2, 0) is 16.8 Å². The minimum atomic E-state index is 0.133. The van der Waals surface area contributed by atoms with Crippen molar-refractivity contribution >= 4 is 5.91 Å². The number of likely N-dealkylation sites (N-methyl/N-ethyl adjacent to an activating group) is 2. The highest BCUT2D eigenvalue weighted by molar-refractivity contribution is 5.77. The number of hydrogen-bond acceptors (Lipinski definition) is 2. The molecule has 0 radical (unpaired) electrons. The van der Waals surface area contributed by atoms with Crippen molar-refractivity contribution in [3.8, 4) is 0 Å². The van der Waals surface area contributed by atoms with Crippen molar-refractivity contribution in [2.24, 2.45) is 0 Å². The van der Waals surface area contributed by atoms with Gasteiger partial charge in [0, 0.05) is 20.6 Å². The van der Waals surface area contributed by atoms with Crippen LogP contribution in [0.15, 0.2) is 24.3 Å². The monoisotopic (exact) mass is 262 g/mol. The average Bonchev–Trinajstić information content (AvgIpc) is 2.28. The Morgan fingerprint density at radius 2 is 1.58 bits per heavy atom. The number of rotatable bonds is 4. The Hall–Kier alpha value is -1.35. The fourth-order valence-corrected chi connectivity index (χ4v) is 1.85. The van der Waals surface area contributed by atoms with Gasteiger partial charge in [-0.05, 0) is 23.6 Å². The molecule has 0 bridgehead atoms. The lowest BCUT2D eigenvalue weighted by atomic mass is 9.87. The van der Waals surface area contributed by atoms with Crippen LogP contribution in [0.2, 0.25) is 0 Å². The SMILES string of the molecule is CN(CC(=O)N(C)C)Cc1ccc(C(C)(C)C)cc1. The van der Waals surface area contributed by atoms with Crippen LogP contribution in [-0.4, -0.2) is 43.4 Å². The van der Waals surface area contributed by atoms with Crippen LogP contribution < -0.4 is 0 Å². The number of carbonyl (C=O) groups excluding carboxylic acids is 1. The summed E-state index contributed by atoms with van der Waals surface area (Å²) in [6.07, 6.45) is 0. The van der Waals surface area contributed by atoms with Gasteiger partial charge < -0.3 is 4.90 Å². The fraction of sp³-hybridized carbons (Fsp3) is 0.562. The lowest BCUT2D eigenvalue weighted by Crippen LogP contribution is -2.34. The van der Waals surface area contributed by atoms with Gasteiger partial charge in [-0.15, -0.1) is 0 Å². The molecule has 19 heavy (non-hydrogen) atoms. The quantitative estimate of drug-likeness (QED) is 0.832. The Balaban J connectivity index is 2.61. The molecule has 0 aliphatic rings. The largest absolute Gasteiger partial charge is 0.348 e. The van der Waals surface area contributed by atoms with Gasteiger partial charge in [-0.3, -0.25) is 9.69 Å². The van der Waals surface area contributed by atoms with Gasteiger partial charge >= 0.3 is 0 Å². The molecular formula is C16H26N2O. The number of nitrogens with zero attached hydrogens (tertiary/aromatic N) is 2. The molecule has 0 unspecified atom stereocenters. The third-order valence-corrected chi connectivity index (χ3v) is 3.18. The van der Waals surface area contributed by atoms with Gasteiger partial charge in [0.25, 0.3) is 0 Å². The van der Waals surface area contributed by atoms with E-state index >= 15 is 0 Å². The Morgan fingerprint density at radius 3 is 2.00 bits per heavy atom. The smallest absolute Gasteiger partial charge is 0.236 e. The number of benzene rings is 1. The van der Waals surface area contributed by atoms with Gasteiger partial charge in [-0.1, -0.05) is 45.0 Å². The molecule has 0 aliphatic carbocycles. The number of amides is 1. The molecule has 3 heteroatoms. The first-order chi connectivity index (χ1) is 8.70. The van der Waals surface area contributed by atoms with E-state index in [9.17, 15) is 4.79 Å². The van der Waals surface area contributed by atoms with E-state index in [0.717, 1.165) is 6.54 Å². The van der Waals surface area contributed by atoms with Crippen molar-refractivity contribution in [2.45, 2.75) is 32.7 Å². The van der Waals surface area contributed by atoms with Gasteiger partial charge in [0.2, 0.25) is 5.91 Å². The number of hydrogen-bond donors (Lipinski definition) is 0. The summed E-state index contributed by atoms with van der Waals surface area (Å²) in [7, 11) is 5.54. The third-order valence-electron chi connectivity index (χ3n) is 3.18. The first-order valence-electron chi connectivity index (χ1n) is 6.68. The Morgan fingerprint density at radius 1 is 1.05 bits per heavy atom. The summed E-state index contributed by atoms with van der Waals surface area (Å²) in [6, 6.07) is 8.66. The molecule has 0 atom stereocenters. The minimum Gasteiger partial charge on any atom is -0.348 e. The molecule has 1 rings (SSSR count). The van der Waals surface area contributed by atoms with Crippen LogP contribution in [0, 0.1) is 0 Å². The second-order valence-corrected chi connectivity index (χ2v) is 6.41. The molecule has 0 saturated heterocycles. The maximum atomic E-state index is 11.6. The van der Waals surface area contributed by atoms with E-state index in [0.29, 0.717) is 6.54 Å². The van der Waals surface area contributed by atoms with Gasteiger partial charge in [0.05, 0.1) is 6.54 Å². The lowest BCUT2D eigenvalue weighted by molar-refractivity contribution is -0.129. The second kappa shape index (κ2) is 6.20. The molecule has 3 nitrogen and oxygen atoms in total. The Kier molecular flexibility index (Phi) is 5.12. The highest BCUT2D eigenvalue weighted by Gasteiger charge is 2.13. The van der Waals surface area contributed by atoms with E-state index in [1.54, 1.807) is 19.0 Å². The third kappa shape index (κ3) is 5.03. The zero-order valence-corrected chi connectivity index (χ0v) is 13.0. The molecule has 0 aromatic heterocycles. The summed E-state index contributed by atoms with van der Waals surface area (Å²) in [5.74, 6) is 0.133.